The molecule has 2 N–H and O–H groups in total. The fourth-order valence-electron chi connectivity index (χ4n) is 2.14. The van der Waals surface area contributed by atoms with Gasteiger partial charge >= 0.3 is 0 Å². The molecule has 0 heterocycles. The van der Waals surface area contributed by atoms with Gasteiger partial charge in [-0.2, -0.15) is 10.2 Å². The predicted octanol–water partition coefficient (Wildman–Crippen LogP) is 5.41. The predicted molar refractivity (Wildman–Crippen MR) is 131 cm³/mol. The molecular formula is C20H18Cl4N4O2S. The van der Waals surface area contributed by atoms with Gasteiger partial charge in [-0.05, 0) is 49.2 Å². The van der Waals surface area contributed by atoms with Crippen LogP contribution in [0, 0.1) is 0 Å². The van der Waals surface area contributed by atoms with Crippen molar-refractivity contribution in [2.75, 3.05) is 0 Å². The second-order valence-electron chi connectivity index (χ2n) is 6.24. The fraction of sp³-hybridized carbons (Fsp3) is 0.200. The van der Waals surface area contributed by atoms with Gasteiger partial charge in [0.2, 0.25) is 0 Å². The summed E-state index contributed by atoms with van der Waals surface area (Å²) in [6.07, 6.45) is 2.90. The number of thioether (sulfide) groups is 1. The molecule has 2 amide bonds. The Bertz CT molecular complexity index is 937. The van der Waals surface area contributed by atoms with Crippen molar-refractivity contribution in [3.63, 3.8) is 0 Å². The monoisotopic (exact) mass is 518 g/mol. The molecule has 0 fully saturated rings. The molecule has 0 aliphatic heterocycles. The van der Waals surface area contributed by atoms with Crippen LogP contribution in [0.25, 0.3) is 0 Å². The third-order valence-electron chi connectivity index (χ3n) is 3.81. The van der Waals surface area contributed by atoms with E-state index < -0.39 is 10.5 Å². The third kappa shape index (κ3) is 8.35. The first-order valence-corrected chi connectivity index (χ1v) is 11.3. The lowest BCUT2D eigenvalue weighted by molar-refractivity contribution is -0.120. The Morgan fingerprint density at radius 1 is 0.774 bits per heavy atom. The van der Waals surface area contributed by atoms with Gasteiger partial charge in [-0.1, -0.05) is 58.5 Å². The lowest BCUT2D eigenvalue weighted by atomic mass is 10.2. The molecule has 0 bridgehead atoms. The number of carbonyl (C=O) groups is 2. The Labute approximate surface area is 204 Å². The summed E-state index contributed by atoms with van der Waals surface area (Å²) >= 11 is 24.7. The SMILES string of the molecule is C[C@H](S[C@@H](C)C(=O)N/N=C/c1ccc(Cl)c(Cl)c1)C(=O)N/N=C/c1ccc(Cl)c(Cl)c1. The maximum Gasteiger partial charge on any atom is 0.252 e. The Hall–Kier alpha value is -1.77. The summed E-state index contributed by atoms with van der Waals surface area (Å²) in [6, 6.07) is 9.96. The van der Waals surface area contributed by atoms with Gasteiger partial charge in [0.25, 0.3) is 11.8 Å². The van der Waals surface area contributed by atoms with Gasteiger partial charge < -0.3 is 0 Å². The summed E-state index contributed by atoms with van der Waals surface area (Å²) in [4.78, 5) is 24.4. The van der Waals surface area contributed by atoms with Crippen LogP contribution in [-0.2, 0) is 9.59 Å². The van der Waals surface area contributed by atoms with E-state index in [1.54, 1.807) is 50.2 Å². The Morgan fingerprint density at radius 3 is 1.52 bits per heavy atom. The minimum absolute atomic E-state index is 0.347. The van der Waals surface area contributed by atoms with E-state index in [2.05, 4.69) is 21.1 Å². The van der Waals surface area contributed by atoms with E-state index in [0.717, 1.165) is 0 Å². The van der Waals surface area contributed by atoms with Crippen molar-refractivity contribution < 1.29 is 9.59 Å². The van der Waals surface area contributed by atoms with Crippen LogP contribution < -0.4 is 10.9 Å². The highest BCUT2D eigenvalue weighted by Gasteiger charge is 2.21. The summed E-state index contributed by atoms with van der Waals surface area (Å²) in [5, 5.41) is 8.40. The molecule has 2 rings (SSSR count). The van der Waals surface area contributed by atoms with E-state index in [0.29, 0.717) is 31.2 Å². The lowest BCUT2D eigenvalue weighted by Gasteiger charge is -2.14. The zero-order chi connectivity index (χ0) is 23.0. The van der Waals surface area contributed by atoms with Crippen molar-refractivity contribution in [1.82, 2.24) is 10.9 Å². The number of nitrogens with one attached hydrogen (secondary N) is 2. The van der Waals surface area contributed by atoms with E-state index in [-0.39, 0.29) is 11.8 Å². The molecule has 2 aromatic rings. The minimum atomic E-state index is -0.522. The average molecular weight is 520 g/mol. The summed E-state index contributed by atoms with van der Waals surface area (Å²) in [5.74, 6) is -0.694. The van der Waals surface area contributed by atoms with Gasteiger partial charge in [0.05, 0.1) is 43.0 Å². The van der Waals surface area contributed by atoms with Crippen molar-refractivity contribution in [2.24, 2.45) is 10.2 Å². The number of amides is 2. The van der Waals surface area contributed by atoms with Crippen LogP contribution >= 0.6 is 58.2 Å². The van der Waals surface area contributed by atoms with Gasteiger partial charge in [0, 0.05) is 0 Å². The molecule has 11 heteroatoms. The van der Waals surface area contributed by atoms with Crippen molar-refractivity contribution in [3.8, 4) is 0 Å². The highest BCUT2D eigenvalue weighted by Crippen LogP contribution is 2.23. The highest BCUT2D eigenvalue weighted by molar-refractivity contribution is 8.01. The highest BCUT2D eigenvalue weighted by atomic mass is 35.5. The average Bonchev–Trinajstić information content (AvgIpc) is 2.72. The molecule has 0 unspecified atom stereocenters. The molecular weight excluding hydrogens is 502 g/mol. The minimum Gasteiger partial charge on any atom is -0.272 e. The number of benzene rings is 2. The zero-order valence-corrected chi connectivity index (χ0v) is 20.2. The second kappa shape index (κ2) is 12.3. The first-order chi connectivity index (χ1) is 14.7. The smallest absolute Gasteiger partial charge is 0.252 e. The fourth-order valence-corrected chi connectivity index (χ4v) is 3.72. The third-order valence-corrected chi connectivity index (χ3v) is 6.53. The number of nitrogens with zero attached hydrogens (tertiary/aromatic N) is 2. The van der Waals surface area contributed by atoms with Crippen LogP contribution in [0.4, 0.5) is 0 Å². The van der Waals surface area contributed by atoms with E-state index in [1.807, 2.05) is 0 Å². The van der Waals surface area contributed by atoms with Crippen LogP contribution in [0.3, 0.4) is 0 Å². The van der Waals surface area contributed by atoms with E-state index >= 15 is 0 Å². The molecule has 0 saturated heterocycles. The largest absolute Gasteiger partial charge is 0.272 e. The number of hydrogen-bond donors (Lipinski definition) is 2. The zero-order valence-electron chi connectivity index (χ0n) is 16.4. The quantitative estimate of drug-likeness (QED) is 0.361. The summed E-state index contributed by atoms with van der Waals surface area (Å²) in [7, 11) is 0. The number of hydrogen-bond acceptors (Lipinski definition) is 5. The molecule has 0 aliphatic carbocycles. The topological polar surface area (TPSA) is 82.9 Å². The van der Waals surface area contributed by atoms with E-state index in [1.165, 1.54) is 24.2 Å². The number of rotatable bonds is 8. The molecule has 2 atom stereocenters. The van der Waals surface area contributed by atoms with Crippen LogP contribution in [0.5, 0.6) is 0 Å². The molecule has 6 nitrogen and oxygen atoms in total. The van der Waals surface area contributed by atoms with Crippen LogP contribution in [0.15, 0.2) is 46.6 Å². The van der Waals surface area contributed by atoms with Crippen molar-refractivity contribution in [3.05, 3.63) is 67.6 Å². The van der Waals surface area contributed by atoms with E-state index in [4.69, 9.17) is 46.4 Å². The molecule has 0 saturated carbocycles. The summed E-state index contributed by atoms with van der Waals surface area (Å²) < 4.78 is 0. The first-order valence-electron chi connectivity index (χ1n) is 8.88. The number of halogens is 4. The first kappa shape index (κ1) is 25.5. The number of carbonyl (C=O) groups excluding carboxylic acids is 2. The van der Waals surface area contributed by atoms with Gasteiger partial charge in [-0.3, -0.25) is 9.59 Å². The Morgan fingerprint density at radius 2 is 1.16 bits per heavy atom. The van der Waals surface area contributed by atoms with Gasteiger partial charge in [0.1, 0.15) is 0 Å². The van der Waals surface area contributed by atoms with Crippen LogP contribution in [0.1, 0.15) is 25.0 Å². The van der Waals surface area contributed by atoms with Crippen LogP contribution in [-0.4, -0.2) is 34.7 Å². The molecule has 0 aliphatic rings. The number of hydrazone groups is 2. The van der Waals surface area contributed by atoms with Crippen LogP contribution in [0.2, 0.25) is 20.1 Å². The molecule has 0 aromatic heterocycles. The van der Waals surface area contributed by atoms with Gasteiger partial charge in [-0.15, -0.1) is 11.8 Å². The molecule has 2 aromatic carbocycles. The second-order valence-corrected chi connectivity index (χ2v) is 9.55. The summed E-state index contributed by atoms with van der Waals surface area (Å²) in [6.45, 7) is 3.36. The lowest BCUT2D eigenvalue weighted by Crippen LogP contribution is -2.33. The summed E-state index contributed by atoms with van der Waals surface area (Å²) in [5.41, 5.74) is 6.23. The normalized spacial score (nSPS) is 13.4. The molecule has 0 radical (unpaired) electrons. The Kier molecular flexibility index (Phi) is 10.1. The van der Waals surface area contributed by atoms with Gasteiger partial charge in [-0.25, -0.2) is 10.9 Å². The van der Waals surface area contributed by atoms with Crippen molar-refractivity contribution in [2.45, 2.75) is 24.3 Å². The van der Waals surface area contributed by atoms with Crippen molar-refractivity contribution >= 4 is 82.4 Å². The molecule has 164 valence electrons. The maximum absolute atomic E-state index is 12.2. The van der Waals surface area contributed by atoms with Gasteiger partial charge in [0.15, 0.2) is 0 Å². The van der Waals surface area contributed by atoms with E-state index in [9.17, 15) is 9.59 Å². The maximum atomic E-state index is 12.2. The standard InChI is InChI=1S/C20H18Cl4N4O2S/c1-11(19(29)27-25-9-13-3-5-15(21)17(23)7-13)31-12(2)20(30)28-26-10-14-4-6-16(22)18(24)8-14/h3-12H,1-2H3,(H,27,29)(H,28,30)/b25-9+,26-10+/t11-,12-/m0/s1. The van der Waals surface area contributed by atoms with Crippen molar-refractivity contribution in [1.29, 1.82) is 0 Å². The Balaban J connectivity index is 1.80. The molecule has 0 spiro atoms. The molecule has 31 heavy (non-hydrogen) atoms.